The Morgan fingerprint density at radius 3 is 2.83 bits per heavy atom. The number of ether oxygens (including phenoxy) is 1. The third kappa shape index (κ3) is 3.03. The van der Waals surface area contributed by atoms with E-state index in [1.807, 2.05) is 31.2 Å². The van der Waals surface area contributed by atoms with Crippen molar-refractivity contribution in [2.24, 2.45) is 0 Å². The van der Waals surface area contributed by atoms with Crippen LogP contribution < -0.4 is 5.32 Å². The fraction of sp³-hybridized carbons (Fsp3) is 0.267. The number of carbonyl (C=O) groups excluding carboxylic acids is 1. The zero-order chi connectivity index (χ0) is 16.6. The molecule has 0 spiro atoms. The average Bonchev–Trinajstić information content (AvgIpc) is 3.06. The summed E-state index contributed by atoms with van der Waals surface area (Å²) in [5.74, 6) is -1.41. The van der Waals surface area contributed by atoms with E-state index in [9.17, 15) is 9.59 Å². The molecule has 0 bridgehead atoms. The van der Waals surface area contributed by atoms with Crippen LogP contribution >= 0.6 is 22.6 Å². The van der Waals surface area contributed by atoms with E-state index in [-0.39, 0.29) is 11.4 Å². The Hall–Kier alpha value is -2.10. The summed E-state index contributed by atoms with van der Waals surface area (Å²) in [4.78, 5) is 23.3. The van der Waals surface area contributed by atoms with Gasteiger partial charge in [-0.25, -0.2) is 9.59 Å². The summed E-state index contributed by atoms with van der Waals surface area (Å²) in [6, 6.07) is 7.10. The zero-order valence-corrected chi connectivity index (χ0v) is 14.3. The molecule has 1 aliphatic heterocycles. The molecular formula is C15H14IN3O4. The molecule has 2 atom stereocenters. The first-order valence-corrected chi connectivity index (χ1v) is 7.99. The van der Waals surface area contributed by atoms with Crippen LogP contribution in [-0.4, -0.2) is 33.3 Å². The van der Waals surface area contributed by atoms with Gasteiger partial charge in [-0.3, -0.25) is 5.10 Å². The first-order valence-electron chi connectivity index (χ1n) is 6.91. The second-order valence-electron chi connectivity index (χ2n) is 5.51. The van der Waals surface area contributed by atoms with Gasteiger partial charge in [0, 0.05) is 16.2 Å². The van der Waals surface area contributed by atoms with Gasteiger partial charge in [0.2, 0.25) is 0 Å². The predicted octanol–water partition coefficient (Wildman–Crippen LogP) is 2.36. The molecule has 2 unspecified atom stereocenters. The Kier molecular flexibility index (Phi) is 4.00. The Morgan fingerprint density at radius 2 is 2.17 bits per heavy atom. The van der Waals surface area contributed by atoms with Crippen molar-refractivity contribution in [1.29, 1.82) is 0 Å². The number of H-pyrrole nitrogens is 1. The molecule has 0 aliphatic carbocycles. The topological polar surface area (TPSA) is 104 Å². The number of aromatic nitrogens is 2. The largest absolute Gasteiger partial charge is 0.477 e. The van der Waals surface area contributed by atoms with Crippen LogP contribution in [0.4, 0.5) is 5.82 Å². The maximum Gasteiger partial charge on any atom is 0.341 e. The van der Waals surface area contributed by atoms with Gasteiger partial charge in [-0.2, -0.15) is 5.10 Å². The van der Waals surface area contributed by atoms with E-state index in [1.54, 1.807) is 0 Å². The SMILES string of the molecule is CC1(c2ccc(I)cc2)CC(Nc2n[nH]cc2C(=O)O)C(=O)O1. The predicted molar refractivity (Wildman–Crippen MR) is 90.2 cm³/mol. The van der Waals surface area contributed by atoms with Crippen LogP contribution in [0.3, 0.4) is 0 Å². The second-order valence-corrected chi connectivity index (χ2v) is 6.76. The van der Waals surface area contributed by atoms with Crippen molar-refractivity contribution in [2.75, 3.05) is 5.32 Å². The molecule has 7 nitrogen and oxygen atoms in total. The Morgan fingerprint density at radius 1 is 1.48 bits per heavy atom. The number of aromatic carboxylic acids is 1. The number of carboxylic acid groups (broad SMARTS) is 1. The van der Waals surface area contributed by atoms with Crippen molar-refractivity contribution < 1.29 is 19.4 Å². The van der Waals surface area contributed by atoms with Crippen LogP contribution in [0, 0.1) is 3.57 Å². The standard InChI is InChI=1S/C15H14IN3O4/c1-15(8-2-4-9(16)5-3-8)6-11(14(22)23-15)18-12-10(13(20)21)7-17-19-12/h2-5,7,11H,6H2,1H3,(H,20,21)(H2,17,18,19). The van der Waals surface area contributed by atoms with E-state index in [1.165, 1.54) is 6.20 Å². The Balaban J connectivity index is 1.81. The van der Waals surface area contributed by atoms with Crippen LogP contribution in [0.5, 0.6) is 0 Å². The normalized spacial score (nSPS) is 23.6. The molecule has 0 saturated carbocycles. The molecule has 2 aromatic rings. The number of benzene rings is 1. The van der Waals surface area contributed by atoms with Gasteiger partial charge >= 0.3 is 11.9 Å². The van der Waals surface area contributed by atoms with Crippen molar-refractivity contribution in [1.82, 2.24) is 10.2 Å². The summed E-state index contributed by atoms with van der Waals surface area (Å²) in [7, 11) is 0. The zero-order valence-electron chi connectivity index (χ0n) is 12.2. The van der Waals surface area contributed by atoms with Crippen molar-refractivity contribution in [3.05, 3.63) is 45.2 Å². The number of aromatic amines is 1. The number of nitrogens with zero attached hydrogens (tertiary/aromatic N) is 1. The van der Waals surface area contributed by atoms with Crippen molar-refractivity contribution in [3.63, 3.8) is 0 Å². The molecular weight excluding hydrogens is 413 g/mol. The molecule has 3 rings (SSSR count). The molecule has 23 heavy (non-hydrogen) atoms. The van der Waals surface area contributed by atoms with Crippen molar-refractivity contribution >= 4 is 40.3 Å². The molecule has 1 aliphatic rings. The number of carboxylic acids is 1. The van der Waals surface area contributed by atoms with Crippen LogP contribution in [0.15, 0.2) is 30.5 Å². The number of anilines is 1. The number of halogens is 1. The van der Waals surface area contributed by atoms with E-state index < -0.39 is 23.6 Å². The van der Waals surface area contributed by atoms with Gasteiger partial charge in [-0.05, 0) is 47.2 Å². The summed E-state index contributed by atoms with van der Waals surface area (Å²) in [5, 5.41) is 18.3. The number of hydrogen-bond acceptors (Lipinski definition) is 5. The van der Waals surface area contributed by atoms with Crippen LogP contribution in [0.25, 0.3) is 0 Å². The summed E-state index contributed by atoms with van der Waals surface area (Å²) >= 11 is 2.21. The first kappa shape index (κ1) is 15.8. The van der Waals surface area contributed by atoms with E-state index in [0.29, 0.717) is 6.42 Å². The number of hydrogen-bond donors (Lipinski definition) is 3. The smallest absolute Gasteiger partial charge is 0.341 e. The van der Waals surface area contributed by atoms with E-state index in [2.05, 4.69) is 38.1 Å². The van der Waals surface area contributed by atoms with E-state index >= 15 is 0 Å². The average molecular weight is 427 g/mol. The molecule has 0 amide bonds. The molecule has 0 radical (unpaired) electrons. The molecule has 1 aromatic heterocycles. The Labute approximate surface area is 145 Å². The minimum absolute atomic E-state index is 0.0133. The molecule has 2 heterocycles. The molecule has 1 saturated heterocycles. The minimum Gasteiger partial charge on any atom is -0.477 e. The van der Waals surface area contributed by atoms with Gasteiger partial charge in [0.25, 0.3) is 0 Å². The van der Waals surface area contributed by atoms with Crippen molar-refractivity contribution in [3.8, 4) is 0 Å². The molecule has 1 aromatic carbocycles. The quantitative estimate of drug-likeness (QED) is 0.511. The first-order chi connectivity index (χ1) is 10.9. The second kappa shape index (κ2) is 5.84. The summed E-state index contributed by atoms with van der Waals surface area (Å²) in [6.45, 7) is 1.84. The highest BCUT2D eigenvalue weighted by Crippen LogP contribution is 2.37. The number of rotatable bonds is 4. The minimum atomic E-state index is -1.12. The maximum absolute atomic E-state index is 12.2. The summed E-state index contributed by atoms with van der Waals surface area (Å²) in [5.41, 5.74) is 0.135. The number of carbonyl (C=O) groups is 2. The number of nitrogens with one attached hydrogen (secondary N) is 2. The number of esters is 1. The third-order valence-corrected chi connectivity index (χ3v) is 4.56. The molecule has 3 N–H and O–H groups in total. The lowest BCUT2D eigenvalue weighted by molar-refractivity contribution is -0.148. The van der Waals surface area contributed by atoms with E-state index in [4.69, 9.17) is 9.84 Å². The fourth-order valence-corrected chi connectivity index (χ4v) is 2.98. The maximum atomic E-state index is 12.2. The van der Waals surface area contributed by atoms with Crippen LogP contribution in [0.2, 0.25) is 0 Å². The summed E-state index contributed by atoms with van der Waals surface area (Å²) in [6.07, 6.45) is 1.65. The van der Waals surface area contributed by atoms with Gasteiger partial charge < -0.3 is 15.2 Å². The third-order valence-electron chi connectivity index (χ3n) is 3.84. The highest BCUT2D eigenvalue weighted by atomic mass is 127. The van der Waals surface area contributed by atoms with Crippen molar-refractivity contribution in [2.45, 2.75) is 25.0 Å². The fourth-order valence-electron chi connectivity index (χ4n) is 2.62. The molecule has 120 valence electrons. The highest BCUT2D eigenvalue weighted by molar-refractivity contribution is 14.1. The number of cyclic esters (lactones) is 1. The molecule has 1 fully saturated rings. The van der Waals surface area contributed by atoms with Crippen LogP contribution in [0.1, 0.15) is 29.3 Å². The lowest BCUT2D eigenvalue weighted by atomic mass is 9.91. The van der Waals surface area contributed by atoms with Gasteiger partial charge in [0.15, 0.2) is 5.82 Å². The van der Waals surface area contributed by atoms with Gasteiger partial charge in [0.05, 0.1) is 0 Å². The van der Waals surface area contributed by atoms with Crippen LogP contribution in [-0.2, 0) is 15.1 Å². The lowest BCUT2D eigenvalue weighted by Crippen LogP contribution is -2.26. The monoisotopic (exact) mass is 427 g/mol. The molecule has 8 heteroatoms. The lowest BCUT2D eigenvalue weighted by Gasteiger charge is -2.23. The summed E-state index contributed by atoms with van der Waals surface area (Å²) < 4.78 is 6.64. The Bertz CT molecular complexity index is 758. The van der Waals surface area contributed by atoms with Gasteiger partial charge in [0.1, 0.15) is 17.2 Å². The highest BCUT2D eigenvalue weighted by Gasteiger charge is 2.45. The van der Waals surface area contributed by atoms with Gasteiger partial charge in [-0.1, -0.05) is 12.1 Å². The van der Waals surface area contributed by atoms with Gasteiger partial charge in [-0.15, -0.1) is 0 Å². The van der Waals surface area contributed by atoms with E-state index in [0.717, 1.165) is 9.13 Å².